The van der Waals surface area contributed by atoms with Gasteiger partial charge in [-0.05, 0) is 50.1 Å². The summed E-state index contributed by atoms with van der Waals surface area (Å²) in [7, 11) is 0. The Bertz CT molecular complexity index is 208. The topological polar surface area (TPSA) is 12.0 Å². The SMILES string of the molecule is CCCCCCCC(C)(CCCC)C1CCNCC1. The second-order valence-electron chi connectivity index (χ2n) is 6.95. The third-order valence-corrected chi connectivity index (χ3v) is 5.28. The molecule has 1 rings (SSSR count). The Morgan fingerprint density at radius 1 is 0.842 bits per heavy atom. The minimum absolute atomic E-state index is 0.629. The van der Waals surface area contributed by atoms with Gasteiger partial charge in [-0.25, -0.2) is 0 Å². The molecular formula is C18H37N. The molecule has 1 N–H and O–H groups in total. The lowest BCUT2D eigenvalue weighted by atomic mass is 9.67. The van der Waals surface area contributed by atoms with Crippen molar-refractivity contribution in [3.8, 4) is 0 Å². The van der Waals surface area contributed by atoms with Gasteiger partial charge in [0.05, 0.1) is 0 Å². The van der Waals surface area contributed by atoms with Gasteiger partial charge in [-0.2, -0.15) is 0 Å². The highest BCUT2D eigenvalue weighted by Crippen LogP contribution is 2.42. The zero-order valence-corrected chi connectivity index (χ0v) is 13.8. The van der Waals surface area contributed by atoms with Crippen LogP contribution in [0.4, 0.5) is 0 Å². The van der Waals surface area contributed by atoms with Crippen LogP contribution in [0.5, 0.6) is 0 Å². The fourth-order valence-electron chi connectivity index (χ4n) is 3.77. The summed E-state index contributed by atoms with van der Waals surface area (Å²) in [6.07, 6.45) is 15.7. The van der Waals surface area contributed by atoms with Crippen molar-refractivity contribution in [2.24, 2.45) is 11.3 Å². The van der Waals surface area contributed by atoms with Crippen LogP contribution in [0.25, 0.3) is 0 Å². The maximum absolute atomic E-state index is 3.53. The van der Waals surface area contributed by atoms with Crippen LogP contribution in [-0.2, 0) is 0 Å². The highest BCUT2D eigenvalue weighted by atomic mass is 14.9. The van der Waals surface area contributed by atoms with Crippen molar-refractivity contribution in [1.29, 1.82) is 0 Å². The molecule has 1 heteroatoms. The van der Waals surface area contributed by atoms with E-state index in [0.717, 1.165) is 5.92 Å². The first-order chi connectivity index (χ1) is 9.23. The van der Waals surface area contributed by atoms with Crippen LogP contribution >= 0.6 is 0 Å². The van der Waals surface area contributed by atoms with E-state index in [2.05, 4.69) is 26.1 Å². The number of hydrogen-bond acceptors (Lipinski definition) is 1. The summed E-state index contributed by atoms with van der Waals surface area (Å²) in [4.78, 5) is 0. The van der Waals surface area contributed by atoms with Gasteiger partial charge >= 0.3 is 0 Å². The smallest absolute Gasteiger partial charge is 0.00461 e. The molecule has 1 saturated heterocycles. The average Bonchev–Trinajstić information content (AvgIpc) is 2.46. The molecule has 0 aromatic carbocycles. The number of nitrogens with one attached hydrogen (secondary N) is 1. The van der Waals surface area contributed by atoms with Crippen LogP contribution in [-0.4, -0.2) is 13.1 Å². The largest absolute Gasteiger partial charge is 0.317 e. The molecule has 1 heterocycles. The predicted molar refractivity (Wildman–Crippen MR) is 86.6 cm³/mol. The monoisotopic (exact) mass is 267 g/mol. The molecule has 1 atom stereocenters. The van der Waals surface area contributed by atoms with Gasteiger partial charge in [-0.15, -0.1) is 0 Å². The van der Waals surface area contributed by atoms with E-state index in [0.29, 0.717) is 5.41 Å². The van der Waals surface area contributed by atoms with Crippen molar-refractivity contribution >= 4 is 0 Å². The summed E-state index contributed by atoms with van der Waals surface area (Å²) in [6, 6.07) is 0. The molecule has 19 heavy (non-hydrogen) atoms. The zero-order chi connectivity index (χ0) is 14.0. The molecule has 0 radical (unpaired) electrons. The Morgan fingerprint density at radius 3 is 2.05 bits per heavy atom. The Labute approximate surface area is 121 Å². The average molecular weight is 268 g/mol. The quantitative estimate of drug-likeness (QED) is 0.512. The maximum Gasteiger partial charge on any atom is -0.00461 e. The lowest BCUT2D eigenvalue weighted by Crippen LogP contribution is -2.37. The third-order valence-electron chi connectivity index (χ3n) is 5.28. The van der Waals surface area contributed by atoms with Crippen molar-refractivity contribution in [3.63, 3.8) is 0 Å². The molecular weight excluding hydrogens is 230 g/mol. The molecule has 1 aliphatic rings. The molecule has 1 fully saturated rings. The van der Waals surface area contributed by atoms with Gasteiger partial charge in [-0.1, -0.05) is 65.7 Å². The van der Waals surface area contributed by atoms with Crippen molar-refractivity contribution in [2.45, 2.75) is 91.4 Å². The van der Waals surface area contributed by atoms with Crippen LogP contribution in [0, 0.1) is 11.3 Å². The van der Waals surface area contributed by atoms with Crippen LogP contribution in [0.1, 0.15) is 91.4 Å². The molecule has 0 bridgehead atoms. The minimum atomic E-state index is 0.629. The first-order valence-corrected chi connectivity index (χ1v) is 8.93. The highest BCUT2D eigenvalue weighted by Gasteiger charge is 2.33. The highest BCUT2D eigenvalue weighted by molar-refractivity contribution is 4.85. The van der Waals surface area contributed by atoms with Gasteiger partial charge < -0.3 is 5.32 Å². The molecule has 0 aromatic heterocycles. The van der Waals surface area contributed by atoms with Gasteiger partial charge in [0.25, 0.3) is 0 Å². The number of rotatable bonds is 10. The number of piperidine rings is 1. The van der Waals surface area contributed by atoms with E-state index in [1.807, 2.05) is 0 Å². The summed E-state index contributed by atoms with van der Waals surface area (Å²) >= 11 is 0. The molecule has 0 aromatic rings. The lowest BCUT2D eigenvalue weighted by molar-refractivity contribution is 0.112. The molecule has 1 aliphatic heterocycles. The zero-order valence-electron chi connectivity index (χ0n) is 13.8. The molecule has 1 unspecified atom stereocenters. The second-order valence-corrected chi connectivity index (χ2v) is 6.95. The van der Waals surface area contributed by atoms with Crippen molar-refractivity contribution < 1.29 is 0 Å². The van der Waals surface area contributed by atoms with Gasteiger partial charge in [0.2, 0.25) is 0 Å². The van der Waals surface area contributed by atoms with E-state index in [1.165, 1.54) is 83.7 Å². The molecule has 0 aliphatic carbocycles. The molecule has 0 saturated carbocycles. The Kier molecular flexibility index (Phi) is 8.77. The van der Waals surface area contributed by atoms with E-state index in [1.54, 1.807) is 0 Å². The van der Waals surface area contributed by atoms with Crippen molar-refractivity contribution in [2.75, 3.05) is 13.1 Å². The van der Waals surface area contributed by atoms with E-state index in [9.17, 15) is 0 Å². The summed E-state index contributed by atoms with van der Waals surface area (Å²) in [5.74, 6) is 0.978. The normalized spacial score (nSPS) is 20.4. The standard InChI is InChI=1S/C18H37N/c1-4-6-8-9-10-14-18(3,13-7-5-2)17-11-15-19-16-12-17/h17,19H,4-16H2,1-3H3. The van der Waals surface area contributed by atoms with Crippen LogP contribution in [0.3, 0.4) is 0 Å². The second kappa shape index (κ2) is 9.80. The van der Waals surface area contributed by atoms with E-state index in [-0.39, 0.29) is 0 Å². The van der Waals surface area contributed by atoms with Crippen molar-refractivity contribution in [3.05, 3.63) is 0 Å². The first kappa shape index (κ1) is 17.0. The van der Waals surface area contributed by atoms with Gasteiger partial charge in [-0.3, -0.25) is 0 Å². The fraction of sp³-hybridized carbons (Fsp3) is 1.00. The Morgan fingerprint density at radius 2 is 1.42 bits per heavy atom. The van der Waals surface area contributed by atoms with Crippen LogP contribution < -0.4 is 5.32 Å². The Balaban J connectivity index is 2.39. The molecule has 0 amide bonds. The molecule has 0 spiro atoms. The first-order valence-electron chi connectivity index (χ1n) is 8.93. The Hall–Kier alpha value is -0.0400. The molecule has 114 valence electrons. The van der Waals surface area contributed by atoms with Crippen molar-refractivity contribution in [1.82, 2.24) is 5.32 Å². The lowest BCUT2D eigenvalue weighted by Gasteiger charge is -2.41. The summed E-state index contributed by atoms with van der Waals surface area (Å²) in [5, 5.41) is 3.53. The fourth-order valence-corrected chi connectivity index (χ4v) is 3.77. The number of unbranched alkanes of at least 4 members (excludes halogenated alkanes) is 5. The van der Waals surface area contributed by atoms with Crippen LogP contribution in [0.15, 0.2) is 0 Å². The minimum Gasteiger partial charge on any atom is -0.317 e. The van der Waals surface area contributed by atoms with Gasteiger partial charge in [0, 0.05) is 0 Å². The summed E-state index contributed by atoms with van der Waals surface area (Å²) < 4.78 is 0. The summed E-state index contributed by atoms with van der Waals surface area (Å²) in [5.41, 5.74) is 0.629. The maximum atomic E-state index is 3.53. The van der Waals surface area contributed by atoms with E-state index in [4.69, 9.17) is 0 Å². The van der Waals surface area contributed by atoms with Gasteiger partial charge in [0.1, 0.15) is 0 Å². The third kappa shape index (κ3) is 6.29. The number of hydrogen-bond donors (Lipinski definition) is 1. The molecule has 1 nitrogen and oxygen atoms in total. The summed E-state index contributed by atoms with van der Waals surface area (Å²) in [6.45, 7) is 9.74. The van der Waals surface area contributed by atoms with Gasteiger partial charge in [0.15, 0.2) is 0 Å². The van der Waals surface area contributed by atoms with Crippen LogP contribution in [0.2, 0.25) is 0 Å². The van der Waals surface area contributed by atoms with E-state index < -0.39 is 0 Å². The van der Waals surface area contributed by atoms with E-state index >= 15 is 0 Å². The predicted octanol–water partition coefficient (Wildman–Crippen LogP) is 5.54.